The summed E-state index contributed by atoms with van der Waals surface area (Å²) in [6.45, 7) is 3.87. The van der Waals surface area contributed by atoms with Crippen LogP contribution in [0.4, 0.5) is 11.5 Å². The number of amides is 1. The molecule has 0 aliphatic carbocycles. The van der Waals surface area contributed by atoms with Gasteiger partial charge in [-0.15, -0.1) is 0 Å². The highest BCUT2D eigenvalue weighted by atomic mass is 35.5. The van der Waals surface area contributed by atoms with E-state index in [0.717, 1.165) is 32.0 Å². The van der Waals surface area contributed by atoms with Gasteiger partial charge in [0.05, 0.1) is 16.9 Å². The Morgan fingerprint density at radius 2 is 1.96 bits per heavy atom. The Balaban J connectivity index is 1.51. The van der Waals surface area contributed by atoms with Crippen LogP contribution < -0.4 is 15.0 Å². The lowest BCUT2D eigenvalue weighted by atomic mass is 10.3. The lowest BCUT2D eigenvalue weighted by molar-refractivity contribution is -0.118. The molecule has 1 saturated heterocycles. The Bertz CT molecular complexity index is 715. The summed E-state index contributed by atoms with van der Waals surface area (Å²) in [5.41, 5.74) is 0.644. The minimum Gasteiger partial charge on any atom is -0.482 e. The van der Waals surface area contributed by atoms with Crippen molar-refractivity contribution in [3.63, 3.8) is 0 Å². The maximum atomic E-state index is 12.0. The first-order valence-electron chi connectivity index (χ1n) is 8.18. The number of benzene rings is 1. The molecule has 7 heteroatoms. The van der Waals surface area contributed by atoms with Gasteiger partial charge in [0.25, 0.3) is 5.91 Å². The second-order valence-electron chi connectivity index (χ2n) is 5.96. The Kier molecular flexibility index (Phi) is 5.73. The molecule has 1 aromatic heterocycles. The van der Waals surface area contributed by atoms with Gasteiger partial charge in [0.15, 0.2) is 6.61 Å². The molecular weight excluding hydrogens is 340 g/mol. The monoisotopic (exact) mass is 360 g/mol. The molecule has 132 valence electrons. The van der Waals surface area contributed by atoms with E-state index < -0.39 is 0 Å². The van der Waals surface area contributed by atoms with Crippen LogP contribution in [0.3, 0.4) is 0 Å². The van der Waals surface area contributed by atoms with Crippen molar-refractivity contribution >= 4 is 29.0 Å². The normalized spacial score (nSPS) is 15.0. The van der Waals surface area contributed by atoms with Crippen molar-refractivity contribution in [2.75, 3.05) is 50.1 Å². The number of likely N-dealkylation sites (N-methyl/N-ethyl adjacent to an activating group) is 1. The minimum atomic E-state index is -0.255. The highest BCUT2D eigenvalue weighted by Crippen LogP contribution is 2.23. The molecule has 0 radical (unpaired) electrons. The molecular formula is C18H21ClN4O2. The number of carbonyl (C=O) groups excluding carboxylic acids is 1. The summed E-state index contributed by atoms with van der Waals surface area (Å²) >= 11 is 5.99. The number of rotatable bonds is 5. The van der Waals surface area contributed by atoms with E-state index in [0.29, 0.717) is 16.5 Å². The molecule has 0 atom stereocenters. The van der Waals surface area contributed by atoms with E-state index in [1.807, 2.05) is 18.2 Å². The second kappa shape index (κ2) is 8.18. The number of nitrogens with one attached hydrogen (secondary N) is 1. The van der Waals surface area contributed by atoms with E-state index in [4.69, 9.17) is 16.3 Å². The Morgan fingerprint density at radius 3 is 2.64 bits per heavy atom. The molecule has 2 aromatic rings. The third kappa shape index (κ3) is 4.84. The number of ether oxygens (including phenoxy) is 1. The molecule has 2 heterocycles. The van der Waals surface area contributed by atoms with Gasteiger partial charge in [0.1, 0.15) is 11.6 Å². The van der Waals surface area contributed by atoms with Gasteiger partial charge in [-0.2, -0.15) is 0 Å². The van der Waals surface area contributed by atoms with Crippen molar-refractivity contribution in [1.29, 1.82) is 0 Å². The maximum Gasteiger partial charge on any atom is 0.262 e. The summed E-state index contributed by atoms with van der Waals surface area (Å²) in [4.78, 5) is 21.0. The number of hydrogen-bond donors (Lipinski definition) is 1. The standard InChI is InChI=1S/C18H21ClN4O2/c1-22-8-10-23(11-9-22)17-7-6-14(12-20-17)21-18(24)13-25-16-5-3-2-4-15(16)19/h2-7,12H,8-11,13H2,1H3,(H,21,24). The molecule has 1 aromatic carbocycles. The third-order valence-electron chi connectivity index (χ3n) is 4.05. The number of halogens is 1. The van der Waals surface area contributed by atoms with Crippen LogP contribution in [0, 0.1) is 0 Å². The number of para-hydroxylation sites is 1. The van der Waals surface area contributed by atoms with E-state index in [-0.39, 0.29) is 12.5 Å². The first-order valence-corrected chi connectivity index (χ1v) is 8.56. The van der Waals surface area contributed by atoms with E-state index in [2.05, 4.69) is 27.1 Å². The molecule has 25 heavy (non-hydrogen) atoms. The SMILES string of the molecule is CN1CCN(c2ccc(NC(=O)COc3ccccc3Cl)cn2)CC1. The topological polar surface area (TPSA) is 57.7 Å². The summed E-state index contributed by atoms with van der Waals surface area (Å²) in [5.74, 6) is 1.16. The van der Waals surface area contributed by atoms with Gasteiger partial charge >= 0.3 is 0 Å². The number of aromatic nitrogens is 1. The van der Waals surface area contributed by atoms with E-state index >= 15 is 0 Å². The lowest BCUT2D eigenvalue weighted by Gasteiger charge is -2.33. The van der Waals surface area contributed by atoms with Crippen LogP contribution in [0.5, 0.6) is 5.75 Å². The predicted molar refractivity (Wildman–Crippen MR) is 99.5 cm³/mol. The molecule has 1 aliphatic heterocycles. The number of hydrogen-bond acceptors (Lipinski definition) is 5. The zero-order valence-electron chi connectivity index (χ0n) is 14.1. The average Bonchev–Trinajstić information content (AvgIpc) is 2.62. The first kappa shape index (κ1) is 17.5. The van der Waals surface area contributed by atoms with Crippen LogP contribution in [-0.2, 0) is 4.79 Å². The summed E-state index contributed by atoms with van der Waals surface area (Å²) < 4.78 is 5.42. The fourth-order valence-electron chi connectivity index (χ4n) is 2.58. The van der Waals surface area contributed by atoms with Gasteiger partial charge in [-0.05, 0) is 31.3 Å². The van der Waals surface area contributed by atoms with Crippen molar-refractivity contribution in [3.8, 4) is 5.75 Å². The molecule has 0 spiro atoms. The quantitative estimate of drug-likeness (QED) is 0.887. The van der Waals surface area contributed by atoms with Gasteiger partial charge < -0.3 is 19.9 Å². The molecule has 1 fully saturated rings. The molecule has 3 rings (SSSR count). The Morgan fingerprint density at radius 1 is 1.20 bits per heavy atom. The number of anilines is 2. The van der Waals surface area contributed by atoms with Crippen molar-refractivity contribution in [1.82, 2.24) is 9.88 Å². The number of nitrogens with zero attached hydrogens (tertiary/aromatic N) is 3. The van der Waals surface area contributed by atoms with Gasteiger partial charge in [0.2, 0.25) is 0 Å². The largest absolute Gasteiger partial charge is 0.482 e. The highest BCUT2D eigenvalue weighted by Gasteiger charge is 2.15. The van der Waals surface area contributed by atoms with Crippen molar-refractivity contribution in [2.24, 2.45) is 0 Å². The summed E-state index contributed by atoms with van der Waals surface area (Å²) in [7, 11) is 2.12. The van der Waals surface area contributed by atoms with Crippen molar-refractivity contribution in [3.05, 3.63) is 47.6 Å². The molecule has 0 bridgehead atoms. The van der Waals surface area contributed by atoms with Crippen LogP contribution in [-0.4, -0.2) is 55.6 Å². The first-order chi connectivity index (χ1) is 12.1. The van der Waals surface area contributed by atoms with Gasteiger partial charge in [0, 0.05) is 26.2 Å². The summed E-state index contributed by atoms with van der Waals surface area (Å²) in [5, 5.41) is 3.25. The Hall–Kier alpha value is -2.31. The predicted octanol–water partition coefficient (Wildman–Crippen LogP) is 2.50. The summed E-state index contributed by atoms with van der Waals surface area (Å²) in [6, 6.07) is 10.8. The number of carbonyl (C=O) groups is 1. The third-order valence-corrected chi connectivity index (χ3v) is 4.37. The van der Waals surface area contributed by atoms with Gasteiger partial charge in [-0.3, -0.25) is 4.79 Å². The van der Waals surface area contributed by atoms with Gasteiger partial charge in [-0.25, -0.2) is 4.98 Å². The van der Waals surface area contributed by atoms with Crippen molar-refractivity contribution < 1.29 is 9.53 Å². The van der Waals surface area contributed by atoms with Crippen LogP contribution in [0.15, 0.2) is 42.6 Å². The van der Waals surface area contributed by atoms with Crippen LogP contribution in [0.1, 0.15) is 0 Å². The smallest absolute Gasteiger partial charge is 0.262 e. The number of piperazine rings is 1. The zero-order valence-corrected chi connectivity index (χ0v) is 14.9. The molecule has 0 unspecified atom stereocenters. The fraction of sp³-hybridized carbons (Fsp3) is 0.333. The molecule has 1 amide bonds. The number of pyridine rings is 1. The van der Waals surface area contributed by atoms with Crippen LogP contribution >= 0.6 is 11.6 Å². The summed E-state index contributed by atoms with van der Waals surface area (Å²) in [6.07, 6.45) is 1.67. The fourth-order valence-corrected chi connectivity index (χ4v) is 2.78. The second-order valence-corrected chi connectivity index (χ2v) is 6.37. The average molecular weight is 361 g/mol. The van der Waals surface area contributed by atoms with Crippen LogP contribution in [0.25, 0.3) is 0 Å². The molecule has 1 N–H and O–H groups in total. The highest BCUT2D eigenvalue weighted by molar-refractivity contribution is 6.32. The van der Waals surface area contributed by atoms with E-state index in [1.165, 1.54) is 0 Å². The van der Waals surface area contributed by atoms with Crippen LogP contribution in [0.2, 0.25) is 5.02 Å². The van der Waals surface area contributed by atoms with E-state index in [9.17, 15) is 4.79 Å². The zero-order chi connectivity index (χ0) is 17.6. The Labute approximate surface area is 152 Å². The minimum absolute atomic E-state index is 0.107. The molecule has 1 aliphatic rings. The maximum absolute atomic E-state index is 12.0. The molecule has 6 nitrogen and oxygen atoms in total. The van der Waals surface area contributed by atoms with Gasteiger partial charge in [-0.1, -0.05) is 23.7 Å². The lowest BCUT2D eigenvalue weighted by Crippen LogP contribution is -2.44. The van der Waals surface area contributed by atoms with Crippen molar-refractivity contribution in [2.45, 2.75) is 0 Å². The van der Waals surface area contributed by atoms with E-state index in [1.54, 1.807) is 24.4 Å². The molecule has 0 saturated carbocycles.